The molecule has 1 amide bonds. The summed E-state index contributed by atoms with van der Waals surface area (Å²) in [5, 5.41) is 4.06. The Morgan fingerprint density at radius 2 is 1.94 bits per heavy atom. The molecule has 168 valence electrons. The van der Waals surface area contributed by atoms with Crippen LogP contribution in [-0.4, -0.2) is 17.7 Å². The van der Waals surface area contributed by atoms with Gasteiger partial charge in [0.25, 0.3) is 0 Å². The number of amides is 1. The normalized spacial score (nSPS) is 13.3. The Morgan fingerprint density at radius 3 is 2.79 bits per heavy atom. The fourth-order valence-corrected chi connectivity index (χ4v) is 4.46. The smallest absolute Gasteiger partial charge is 0.231 e. The summed E-state index contributed by atoms with van der Waals surface area (Å²) >= 11 is 0. The van der Waals surface area contributed by atoms with Crippen LogP contribution < -0.4 is 14.8 Å². The molecule has 0 radical (unpaired) electrons. The van der Waals surface area contributed by atoms with E-state index < -0.39 is 0 Å². The van der Waals surface area contributed by atoms with E-state index in [1.165, 1.54) is 17.7 Å². The van der Waals surface area contributed by atoms with E-state index in [-0.39, 0.29) is 30.9 Å². The Bertz CT molecular complexity index is 1310. The number of nitrogens with one attached hydrogen (secondary N) is 2. The van der Waals surface area contributed by atoms with Gasteiger partial charge in [-0.15, -0.1) is 0 Å². The van der Waals surface area contributed by atoms with Crippen molar-refractivity contribution in [2.75, 3.05) is 6.79 Å². The second-order valence-corrected chi connectivity index (χ2v) is 8.21. The first-order chi connectivity index (χ1) is 16.1. The van der Waals surface area contributed by atoms with Gasteiger partial charge in [-0.25, -0.2) is 4.39 Å². The third-order valence-electron chi connectivity index (χ3n) is 6.16. The average Bonchev–Trinajstić information content (AvgIpc) is 3.47. The number of aromatic nitrogens is 1. The number of carbonyl (C=O) groups excluding carboxylic acids is 1. The monoisotopic (exact) mass is 444 g/mol. The summed E-state index contributed by atoms with van der Waals surface area (Å²) in [5.41, 5.74) is 4.97. The minimum absolute atomic E-state index is 0.108. The SMILES string of the molecule is CCc1cccc2c(C(CC(=O)NCc3ccc4c(c3)OCO4)c3cccc(F)c3)c[nH]c12. The van der Waals surface area contributed by atoms with Crippen molar-refractivity contribution in [3.05, 3.63) is 94.9 Å². The van der Waals surface area contributed by atoms with E-state index >= 15 is 0 Å². The molecule has 0 saturated heterocycles. The van der Waals surface area contributed by atoms with E-state index in [9.17, 15) is 9.18 Å². The number of hydrogen-bond acceptors (Lipinski definition) is 3. The lowest BCUT2D eigenvalue weighted by Crippen LogP contribution is -2.25. The van der Waals surface area contributed by atoms with Crippen LogP contribution in [0.2, 0.25) is 0 Å². The molecule has 6 heteroatoms. The van der Waals surface area contributed by atoms with Gasteiger partial charge < -0.3 is 19.8 Å². The van der Waals surface area contributed by atoms with Gasteiger partial charge in [-0.3, -0.25) is 4.79 Å². The van der Waals surface area contributed by atoms with E-state index in [4.69, 9.17) is 9.47 Å². The number of benzene rings is 3. The van der Waals surface area contributed by atoms with Crippen LogP contribution >= 0.6 is 0 Å². The number of aromatic amines is 1. The van der Waals surface area contributed by atoms with Gasteiger partial charge >= 0.3 is 0 Å². The van der Waals surface area contributed by atoms with E-state index in [1.807, 2.05) is 36.5 Å². The first kappa shape index (κ1) is 21.1. The molecule has 33 heavy (non-hydrogen) atoms. The highest BCUT2D eigenvalue weighted by Gasteiger charge is 2.23. The highest BCUT2D eigenvalue weighted by Crippen LogP contribution is 2.35. The summed E-state index contributed by atoms with van der Waals surface area (Å²) in [4.78, 5) is 16.4. The van der Waals surface area contributed by atoms with Gasteiger partial charge in [-0.1, -0.05) is 43.3 Å². The van der Waals surface area contributed by atoms with Crippen LogP contribution in [0.1, 0.15) is 41.5 Å². The molecule has 1 unspecified atom stereocenters. The Morgan fingerprint density at radius 1 is 1.09 bits per heavy atom. The molecule has 0 aliphatic carbocycles. The van der Waals surface area contributed by atoms with Crippen LogP contribution in [0.5, 0.6) is 11.5 Å². The average molecular weight is 445 g/mol. The van der Waals surface area contributed by atoms with Gasteiger partial charge in [0.05, 0.1) is 0 Å². The molecular weight excluding hydrogens is 419 g/mol. The molecule has 0 bridgehead atoms. The van der Waals surface area contributed by atoms with Gasteiger partial charge in [-0.2, -0.15) is 0 Å². The van der Waals surface area contributed by atoms with Gasteiger partial charge in [0.1, 0.15) is 5.82 Å². The molecule has 3 aromatic carbocycles. The van der Waals surface area contributed by atoms with Crippen LogP contribution in [0.15, 0.2) is 66.9 Å². The van der Waals surface area contributed by atoms with Crippen molar-refractivity contribution in [1.82, 2.24) is 10.3 Å². The van der Waals surface area contributed by atoms with Crippen molar-refractivity contribution in [1.29, 1.82) is 0 Å². The molecule has 0 spiro atoms. The van der Waals surface area contributed by atoms with Gasteiger partial charge in [-0.05, 0) is 52.9 Å². The lowest BCUT2D eigenvalue weighted by molar-refractivity contribution is -0.121. The summed E-state index contributed by atoms with van der Waals surface area (Å²) in [7, 11) is 0. The zero-order valence-electron chi connectivity index (χ0n) is 18.4. The summed E-state index contributed by atoms with van der Waals surface area (Å²) in [6.07, 6.45) is 3.06. The van der Waals surface area contributed by atoms with Crippen molar-refractivity contribution in [3.8, 4) is 11.5 Å². The predicted octanol–water partition coefficient (Wildman–Crippen LogP) is 5.44. The maximum atomic E-state index is 14.1. The highest BCUT2D eigenvalue weighted by molar-refractivity contribution is 5.88. The zero-order chi connectivity index (χ0) is 22.8. The molecule has 0 fully saturated rings. The Kier molecular flexibility index (Phi) is 5.73. The van der Waals surface area contributed by atoms with Crippen molar-refractivity contribution in [2.45, 2.75) is 32.2 Å². The summed E-state index contributed by atoms with van der Waals surface area (Å²) in [6, 6.07) is 18.3. The number of H-pyrrole nitrogens is 1. The van der Waals surface area contributed by atoms with Crippen LogP contribution in [0.3, 0.4) is 0 Å². The Balaban J connectivity index is 1.40. The minimum Gasteiger partial charge on any atom is -0.454 e. The molecule has 5 nitrogen and oxygen atoms in total. The first-order valence-corrected chi connectivity index (χ1v) is 11.1. The molecule has 2 heterocycles. The first-order valence-electron chi connectivity index (χ1n) is 11.1. The number of ether oxygens (including phenoxy) is 2. The topological polar surface area (TPSA) is 63.4 Å². The van der Waals surface area contributed by atoms with Crippen molar-refractivity contribution < 1.29 is 18.7 Å². The lowest BCUT2D eigenvalue weighted by atomic mass is 9.87. The Labute approximate surface area is 191 Å². The standard InChI is InChI=1S/C27H25FN2O3/c1-2-18-5-4-8-21-23(15-30-27(18)21)22(19-6-3-7-20(28)12-19)13-26(31)29-14-17-9-10-24-25(11-17)33-16-32-24/h3-12,15,22,30H,2,13-14,16H2,1H3,(H,29,31). The largest absolute Gasteiger partial charge is 0.454 e. The number of aryl methyl sites for hydroxylation is 1. The van der Waals surface area contributed by atoms with Crippen molar-refractivity contribution >= 4 is 16.8 Å². The quantitative estimate of drug-likeness (QED) is 0.399. The van der Waals surface area contributed by atoms with Crippen molar-refractivity contribution in [2.24, 2.45) is 0 Å². The fourth-order valence-electron chi connectivity index (χ4n) is 4.46. The zero-order valence-corrected chi connectivity index (χ0v) is 18.4. The lowest BCUT2D eigenvalue weighted by Gasteiger charge is -2.18. The third-order valence-corrected chi connectivity index (χ3v) is 6.16. The number of rotatable bonds is 7. The predicted molar refractivity (Wildman–Crippen MR) is 125 cm³/mol. The second-order valence-electron chi connectivity index (χ2n) is 8.21. The van der Waals surface area contributed by atoms with Gasteiger partial charge in [0, 0.05) is 36.0 Å². The molecule has 4 aromatic rings. The molecule has 1 aromatic heterocycles. The molecule has 2 N–H and O–H groups in total. The van der Waals surface area contributed by atoms with Crippen LogP contribution in [-0.2, 0) is 17.8 Å². The van der Waals surface area contributed by atoms with E-state index in [0.717, 1.165) is 34.0 Å². The van der Waals surface area contributed by atoms with Crippen LogP contribution in [0.25, 0.3) is 10.9 Å². The van der Waals surface area contributed by atoms with E-state index in [1.54, 1.807) is 6.07 Å². The molecule has 1 atom stereocenters. The summed E-state index contributed by atoms with van der Waals surface area (Å²) < 4.78 is 24.8. The third kappa shape index (κ3) is 4.29. The second kappa shape index (κ2) is 8.98. The van der Waals surface area contributed by atoms with Gasteiger partial charge in [0.15, 0.2) is 11.5 Å². The fraction of sp³-hybridized carbons (Fsp3) is 0.222. The number of carbonyl (C=O) groups is 1. The van der Waals surface area contributed by atoms with Crippen LogP contribution in [0, 0.1) is 5.82 Å². The van der Waals surface area contributed by atoms with Crippen molar-refractivity contribution in [3.63, 3.8) is 0 Å². The van der Waals surface area contributed by atoms with Gasteiger partial charge in [0.2, 0.25) is 12.7 Å². The maximum absolute atomic E-state index is 14.1. The van der Waals surface area contributed by atoms with E-state index in [2.05, 4.69) is 29.4 Å². The molecule has 0 saturated carbocycles. The summed E-state index contributed by atoms with van der Waals surface area (Å²) in [6.45, 7) is 2.70. The summed E-state index contributed by atoms with van der Waals surface area (Å²) in [5.74, 6) is 0.695. The molecule has 1 aliphatic rings. The number of halogens is 1. The molecule has 1 aliphatic heterocycles. The van der Waals surface area contributed by atoms with E-state index in [0.29, 0.717) is 18.0 Å². The number of hydrogen-bond donors (Lipinski definition) is 2. The Hall–Kier alpha value is -3.80. The molecule has 5 rings (SSSR count). The minimum atomic E-state index is -0.313. The van der Waals surface area contributed by atoms with Crippen LogP contribution in [0.4, 0.5) is 4.39 Å². The number of fused-ring (bicyclic) bond motifs is 2. The molecular formula is C27H25FN2O3. The maximum Gasteiger partial charge on any atom is 0.231 e. The number of para-hydroxylation sites is 1. The highest BCUT2D eigenvalue weighted by atomic mass is 19.1.